The van der Waals surface area contributed by atoms with Crippen molar-refractivity contribution in [2.75, 3.05) is 6.54 Å². The number of hydrogen-bond donors (Lipinski definition) is 1. The van der Waals surface area contributed by atoms with Gasteiger partial charge in [0.05, 0.1) is 0 Å². The lowest BCUT2D eigenvalue weighted by Crippen LogP contribution is -2.20. The van der Waals surface area contributed by atoms with Crippen LogP contribution in [0.5, 0.6) is 0 Å². The average Bonchev–Trinajstić information content (AvgIpc) is 2.48. The first-order chi connectivity index (χ1) is 10.3. The molecule has 0 spiro atoms. The van der Waals surface area contributed by atoms with E-state index in [1.165, 1.54) is 57.8 Å². The number of carbonyl (C=O) groups excluding carboxylic acids is 1. The van der Waals surface area contributed by atoms with Crippen LogP contribution in [0.15, 0.2) is 0 Å². The van der Waals surface area contributed by atoms with Crippen LogP contribution in [-0.4, -0.2) is 12.5 Å². The summed E-state index contributed by atoms with van der Waals surface area (Å²) in [6.45, 7) is 5.18. The Hall–Kier alpha value is -0.570. The van der Waals surface area contributed by atoms with Crippen molar-refractivity contribution in [3.05, 3.63) is 0 Å². The summed E-state index contributed by atoms with van der Waals surface area (Å²) in [5, 5.41) is 0. The minimum absolute atomic E-state index is 0.115. The van der Waals surface area contributed by atoms with E-state index in [2.05, 4.69) is 19.3 Å². The highest BCUT2D eigenvalue weighted by molar-refractivity contribution is 5.68. The van der Waals surface area contributed by atoms with Crippen LogP contribution in [0.3, 0.4) is 0 Å². The molecule has 0 atom stereocenters. The number of unbranched alkanes of at least 4 members (excludes halogenated alkanes) is 11. The first-order valence-corrected chi connectivity index (χ1v) is 9.23. The molecular formula is C18H37NO2. The summed E-state index contributed by atoms with van der Waals surface area (Å²) in [6, 6.07) is 0. The predicted octanol–water partition coefficient (Wildman–Crippen LogP) is 5.54. The Morgan fingerprint density at radius 1 is 0.714 bits per heavy atom. The highest BCUT2D eigenvalue weighted by Gasteiger charge is 2.01. The molecule has 0 heterocycles. The zero-order valence-corrected chi connectivity index (χ0v) is 14.4. The van der Waals surface area contributed by atoms with Crippen LogP contribution in [0.1, 0.15) is 104 Å². The molecule has 0 aromatic carbocycles. The molecule has 0 aliphatic carbocycles. The first kappa shape index (κ1) is 20.4. The fourth-order valence-electron chi connectivity index (χ4n) is 2.39. The number of hydroxylamine groups is 1. The topological polar surface area (TPSA) is 38.3 Å². The zero-order chi connectivity index (χ0) is 15.6. The maximum absolute atomic E-state index is 11.3. The van der Waals surface area contributed by atoms with Gasteiger partial charge in [0.25, 0.3) is 0 Å². The molecule has 0 saturated carbocycles. The van der Waals surface area contributed by atoms with Crippen molar-refractivity contribution in [1.29, 1.82) is 0 Å². The number of rotatable bonds is 16. The number of carbonyl (C=O) groups is 1. The van der Waals surface area contributed by atoms with Crippen molar-refractivity contribution in [3.8, 4) is 0 Å². The molecule has 0 unspecified atom stereocenters. The SMILES string of the molecule is CCCCCCCCCCCCNOC(=O)CCCCC. The Balaban J connectivity index is 3.06. The van der Waals surface area contributed by atoms with Gasteiger partial charge in [-0.15, -0.1) is 0 Å². The van der Waals surface area contributed by atoms with E-state index < -0.39 is 0 Å². The molecule has 0 saturated heterocycles. The Labute approximate surface area is 132 Å². The van der Waals surface area contributed by atoms with Crippen molar-refractivity contribution in [1.82, 2.24) is 5.48 Å². The molecule has 0 amide bonds. The Morgan fingerprint density at radius 3 is 1.76 bits per heavy atom. The molecule has 1 N–H and O–H groups in total. The van der Waals surface area contributed by atoms with Crippen molar-refractivity contribution in [3.63, 3.8) is 0 Å². The minimum atomic E-state index is -0.115. The van der Waals surface area contributed by atoms with Gasteiger partial charge in [0, 0.05) is 13.0 Å². The summed E-state index contributed by atoms with van der Waals surface area (Å²) in [6.07, 6.45) is 17.0. The zero-order valence-electron chi connectivity index (χ0n) is 14.4. The molecule has 0 aliphatic heterocycles. The van der Waals surface area contributed by atoms with Crippen LogP contribution < -0.4 is 5.48 Å². The minimum Gasteiger partial charge on any atom is -0.371 e. The van der Waals surface area contributed by atoms with Gasteiger partial charge in [0.15, 0.2) is 0 Å². The van der Waals surface area contributed by atoms with Gasteiger partial charge in [-0.1, -0.05) is 84.5 Å². The van der Waals surface area contributed by atoms with Crippen LogP contribution in [0.4, 0.5) is 0 Å². The molecule has 0 aromatic heterocycles. The van der Waals surface area contributed by atoms with Crippen molar-refractivity contribution in [2.24, 2.45) is 0 Å². The normalized spacial score (nSPS) is 10.8. The van der Waals surface area contributed by atoms with Gasteiger partial charge in [-0.2, -0.15) is 5.48 Å². The van der Waals surface area contributed by atoms with Crippen molar-refractivity contribution < 1.29 is 9.63 Å². The molecule has 0 aliphatic rings. The number of nitrogens with one attached hydrogen (secondary N) is 1. The predicted molar refractivity (Wildman–Crippen MR) is 90.1 cm³/mol. The second kappa shape index (κ2) is 17.5. The third-order valence-corrected chi connectivity index (χ3v) is 3.80. The summed E-state index contributed by atoms with van der Waals surface area (Å²) in [4.78, 5) is 16.3. The highest BCUT2D eigenvalue weighted by Crippen LogP contribution is 2.10. The summed E-state index contributed by atoms with van der Waals surface area (Å²) >= 11 is 0. The van der Waals surface area contributed by atoms with Gasteiger partial charge in [0.1, 0.15) is 0 Å². The van der Waals surface area contributed by atoms with E-state index in [4.69, 9.17) is 4.84 Å². The van der Waals surface area contributed by atoms with E-state index in [9.17, 15) is 4.79 Å². The Morgan fingerprint density at radius 2 is 1.19 bits per heavy atom. The maximum Gasteiger partial charge on any atom is 0.324 e. The molecule has 0 aromatic rings. The molecule has 0 radical (unpaired) electrons. The van der Waals surface area contributed by atoms with Crippen LogP contribution >= 0.6 is 0 Å². The Kier molecular flexibility index (Phi) is 17.0. The van der Waals surface area contributed by atoms with Crippen molar-refractivity contribution in [2.45, 2.75) is 104 Å². The Bertz CT molecular complexity index is 219. The lowest BCUT2D eigenvalue weighted by atomic mass is 10.1. The van der Waals surface area contributed by atoms with Crippen LogP contribution in [0.25, 0.3) is 0 Å². The smallest absolute Gasteiger partial charge is 0.324 e. The fraction of sp³-hybridized carbons (Fsp3) is 0.944. The van der Waals surface area contributed by atoms with E-state index in [-0.39, 0.29) is 5.97 Å². The summed E-state index contributed by atoms with van der Waals surface area (Å²) in [7, 11) is 0. The fourth-order valence-corrected chi connectivity index (χ4v) is 2.39. The quantitative estimate of drug-likeness (QED) is 0.300. The molecule has 3 nitrogen and oxygen atoms in total. The van der Waals surface area contributed by atoms with Gasteiger partial charge in [0.2, 0.25) is 0 Å². The standard InChI is InChI=1S/C18H37NO2/c1-3-5-7-8-9-10-11-12-13-15-17-19-21-18(20)16-14-6-4-2/h19H,3-17H2,1-2H3. The first-order valence-electron chi connectivity index (χ1n) is 9.23. The molecular weight excluding hydrogens is 262 g/mol. The van der Waals surface area contributed by atoms with E-state index in [1.807, 2.05) is 0 Å². The monoisotopic (exact) mass is 299 g/mol. The van der Waals surface area contributed by atoms with Crippen molar-refractivity contribution >= 4 is 5.97 Å². The second-order valence-corrected chi connectivity index (χ2v) is 6.01. The number of hydrogen-bond acceptors (Lipinski definition) is 3. The summed E-state index contributed by atoms with van der Waals surface area (Å²) in [5.74, 6) is -0.115. The van der Waals surface area contributed by atoms with Gasteiger partial charge in [-0.3, -0.25) is 4.79 Å². The third-order valence-electron chi connectivity index (χ3n) is 3.80. The lowest BCUT2D eigenvalue weighted by molar-refractivity contribution is -0.151. The molecule has 21 heavy (non-hydrogen) atoms. The van der Waals surface area contributed by atoms with Crippen LogP contribution in [0, 0.1) is 0 Å². The molecule has 0 rings (SSSR count). The van der Waals surface area contributed by atoms with E-state index in [0.29, 0.717) is 6.42 Å². The van der Waals surface area contributed by atoms with Gasteiger partial charge >= 0.3 is 5.97 Å². The summed E-state index contributed by atoms with van der Waals surface area (Å²) in [5.41, 5.74) is 2.79. The van der Waals surface area contributed by atoms with Gasteiger partial charge in [-0.25, -0.2) is 0 Å². The van der Waals surface area contributed by atoms with Crippen LogP contribution in [-0.2, 0) is 9.63 Å². The molecule has 126 valence electrons. The second-order valence-electron chi connectivity index (χ2n) is 6.01. The molecule has 0 bridgehead atoms. The largest absolute Gasteiger partial charge is 0.371 e. The van der Waals surface area contributed by atoms with Gasteiger partial charge in [-0.05, 0) is 12.8 Å². The lowest BCUT2D eigenvalue weighted by Gasteiger charge is -2.05. The maximum atomic E-state index is 11.3. The van der Waals surface area contributed by atoms with E-state index in [1.54, 1.807) is 0 Å². The average molecular weight is 299 g/mol. The van der Waals surface area contributed by atoms with E-state index in [0.717, 1.165) is 32.2 Å². The molecule has 0 fully saturated rings. The van der Waals surface area contributed by atoms with E-state index >= 15 is 0 Å². The highest BCUT2D eigenvalue weighted by atomic mass is 16.7. The molecule has 3 heteroatoms. The van der Waals surface area contributed by atoms with Crippen LogP contribution in [0.2, 0.25) is 0 Å². The third kappa shape index (κ3) is 17.4. The van der Waals surface area contributed by atoms with Gasteiger partial charge < -0.3 is 4.84 Å². The summed E-state index contributed by atoms with van der Waals surface area (Å²) < 4.78 is 0.